The van der Waals surface area contributed by atoms with Crippen LogP contribution in [0.15, 0.2) is 29.2 Å². The second kappa shape index (κ2) is 7.33. The van der Waals surface area contributed by atoms with E-state index in [4.69, 9.17) is 4.74 Å². The number of amides is 1. The fraction of sp³-hybridized carbons (Fsp3) is 0.467. The van der Waals surface area contributed by atoms with Gasteiger partial charge in [0.05, 0.1) is 7.11 Å². The van der Waals surface area contributed by atoms with Gasteiger partial charge >= 0.3 is 5.97 Å². The molecule has 0 bridgehead atoms. The smallest absolute Gasteiger partial charge is 0.331 e. The molecule has 1 aromatic carbocycles. The summed E-state index contributed by atoms with van der Waals surface area (Å²) in [6, 6.07) is 7.28. The molecule has 0 fully saturated rings. The first kappa shape index (κ1) is 16.6. The van der Waals surface area contributed by atoms with Crippen LogP contribution in [0.3, 0.4) is 0 Å². The molecule has 1 amide bonds. The molecule has 0 spiro atoms. The second-order valence-electron chi connectivity index (χ2n) is 4.76. The maximum Gasteiger partial charge on any atom is 0.331 e. The number of nitrogens with one attached hydrogen (secondary N) is 1. The Kier molecular flexibility index (Phi) is 6.07. The van der Waals surface area contributed by atoms with Crippen molar-refractivity contribution in [2.24, 2.45) is 0 Å². The summed E-state index contributed by atoms with van der Waals surface area (Å²) < 4.78 is 4.78. The number of esters is 1. The Morgan fingerprint density at radius 2 is 1.90 bits per heavy atom. The van der Waals surface area contributed by atoms with E-state index < -0.39 is 11.5 Å². The minimum atomic E-state index is -0.987. The van der Waals surface area contributed by atoms with E-state index in [2.05, 4.69) is 5.32 Å². The topological polar surface area (TPSA) is 55.4 Å². The molecule has 4 nitrogen and oxygen atoms in total. The highest BCUT2D eigenvalue weighted by molar-refractivity contribution is 7.98. The summed E-state index contributed by atoms with van der Waals surface area (Å²) in [6.07, 6.45) is 3.29. The molecule has 0 radical (unpaired) electrons. The van der Waals surface area contributed by atoms with Gasteiger partial charge in [0.15, 0.2) is 0 Å². The molecule has 0 saturated carbocycles. The normalized spacial score (nSPS) is 13.4. The van der Waals surface area contributed by atoms with Gasteiger partial charge in [-0.2, -0.15) is 0 Å². The number of methoxy groups -OCH3 is 1. The predicted molar refractivity (Wildman–Crippen MR) is 81.0 cm³/mol. The molecule has 0 heterocycles. The lowest BCUT2D eigenvalue weighted by atomic mass is 9.95. The molecule has 0 saturated heterocycles. The molecular formula is C15H21NO3S. The highest BCUT2D eigenvalue weighted by Crippen LogP contribution is 2.18. The molecule has 1 N–H and O–H groups in total. The molecule has 0 aliphatic heterocycles. The van der Waals surface area contributed by atoms with Gasteiger partial charge in [-0.05, 0) is 43.9 Å². The Labute approximate surface area is 124 Å². The van der Waals surface area contributed by atoms with Crippen molar-refractivity contribution in [2.75, 3.05) is 13.4 Å². The summed E-state index contributed by atoms with van der Waals surface area (Å²) in [4.78, 5) is 25.2. The minimum absolute atomic E-state index is 0.265. The third-order valence-corrected chi connectivity index (χ3v) is 3.87. The largest absolute Gasteiger partial charge is 0.467 e. The quantitative estimate of drug-likeness (QED) is 0.647. The fourth-order valence-electron chi connectivity index (χ4n) is 2.01. The monoisotopic (exact) mass is 295 g/mol. The first-order valence-corrected chi connectivity index (χ1v) is 7.74. The van der Waals surface area contributed by atoms with Crippen LogP contribution in [-0.4, -0.2) is 30.8 Å². The van der Waals surface area contributed by atoms with Gasteiger partial charge in [0, 0.05) is 10.5 Å². The van der Waals surface area contributed by atoms with Crippen molar-refractivity contribution >= 4 is 23.6 Å². The number of benzene rings is 1. The van der Waals surface area contributed by atoms with E-state index in [9.17, 15) is 9.59 Å². The molecule has 20 heavy (non-hydrogen) atoms. The highest BCUT2D eigenvalue weighted by atomic mass is 32.2. The molecular weight excluding hydrogens is 274 g/mol. The van der Waals surface area contributed by atoms with Crippen LogP contribution in [-0.2, 0) is 9.53 Å². The van der Waals surface area contributed by atoms with Crippen LogP contribution in [0.4, 0.5) is 0 Å². The molecule has 110 valence electrons. The maximum atomic E-state index is 12.2. The SMILES string of the molecule is CCCC(C)(NC(=O)c1ccc(SC)cc1)C(=O)OC. The zero-order valence-corrected chi connectivity index (χ0v) is 13.2. The first-order chi connectivity index (χ1) is 9.46. The average molecular weight is 295 g/mol. The van der Waals surface area contributed by atoms with Gasteiger partial charge in [-0.15, -0.1) is 11.8 Å². The van der Waals surface area contributed by atoms with Gasteiger partial charge in [0.2, 0.25) is 0 Å². The van der Waals surface area contributed by atoms with E-state index >= 15 is 0 Å². The van der Waals surface area contributed by atoms with Crippen molar-refractivity contribution in [3.05, 3.63) is 29.8 Å². The van der Waals surface area contributed by atoms with E-state index in [-0.39, 0.29) is 5.91 Å². The number of rotatable bonds is 6. The van der Waals surface area contributed by atoms with E-state index in [1.165, 1.54) is 7.11 Å². The molecule has 0 aliphatic carbocycles. The third-order valence-electron chi connectivity index (χ3n) is 3.13. The van der Waals surface area contributed by atoms with Crippen molar-refractivity contribution < 1.29 is 14.3 Å². The van der Waals surface area contributed by atoms with Crippen molar-refractivity contribution in [1.29, 1.82) is 0 Å². The summed E-state index contributed by atoms with van der Waals surface area (Å²) in [6.45, 7) is 3.65. The molecule has 5 heteroatoms. The molecule has 1 rings (SSSR count). The van der Waals surface area contributed by atoms with Crippen LogP contribution >= 0.6 is 11.8 Å². The number of hydrogen-bond acceptors (Lipinski definition) is 4. The van der Waals surface area contributed by atoms with Crippen molar-refractivity contribution in [3.63, 3.8) is 0 Å². The van der Waals surface area contributed by atoms with Gasteiger partial charge in [-0.25, -0.2) is 4.79 Å². The summed E-state index contributed by atoms with van der Waals surface area (Å²) in [7, 11) is 1.33. The van der Waals surface area contributed by atoms with Gasteiger partial charge in [0.1, 0.15) is 5.54 Å². The average Bonchev–Trinajstić information content (AvgIpc) is 2.46. The Balaban J connectivity index is 2.87. The van der Waals surface area contributed by atoms with E-state index in [0.29, 0.717) is 12.0 Å². The Hall–Kier alpha value is -1.49. The van der Waals surface area contributed by atoms with Crippen LogP contribution in [0.2, 0.25) is 0 Å². The van der Waals surface area contributed by atoms with Gasteiger partial charge in [-0.3, -0.25) is 4.79 Å². The first-order valence-electron chi connectivity index (χ1n) is 6.52. The van der Waals surface area contributed by atoms with Gasteiger partial charge in [-0.1, -0.05) is 13.3 Å². The highest BCUT2D eigenvalue weighted by Gasteiger charge is 2.35. The number of hydrogen-bond donors (Lipinski definition) is 1. The van der Waals surface area contributed by atoms with Crippen LogP contribution in [0, 0.1) is 0 Å². The summed E-state index contributed by atoms with van der Waals surface area (Å²) in [5.41, 5.74) is -0.451. The lowest BCUT2D eigenvalue weighted by Gasteiger charge is -2.27. The Morgan fingerprint density at radius 1 is 1.30 bits per heavy atom. The van der Waals surface area contributed by atoms with Crippen molar-refractivity contribution in [1.82, 2.24) is 5.32 Å². The lowest BCUT2D eigenvalue weighted by molar-refractivity contribution is -0.147. The third kappa shape index (κ3) is 4.00. The van der Waals surface area contributed by atoms with Crippen LogP contribution in [0.1, 0.15) is 37.0 Å². The molecule has 0 aliphatic rings. The molecule has 0 aromatic heterocycles. The lowest BCUT2D eigenvalue weighted by Crippen LogP contribution is -2.52. The van der Waals surface area contributed by atoms with Crippen molar-refractivity contribution in [2.45, 2.75) is 37.1 Å². The standard InChI is InChI=1S/C15H21NO3S/c1-5-10-15(2,14(18)19-3)16-13(17)11-6-8-12(20-4)9-7-11/h6-9H,5,10H2,1-4H3,(H,16,17). The van der Waals surface area contributed by atoms with E-state index in [0.717, 1.165) is 11.3 Å². The number of carbonyl (C=O) groups is 2. The van der Waals surface area contributed by atoms with E-state index in [1.807, 2.05) is 25.3 Å². The van der Waals surface area contributed by atoms with Gasteiger partial charge < -0.3 is 10.1 Å². The van der Waals surface area contributed by atoms with Crippen LogP contribution in [0.25, 0.3) is 0 Å². The maximum absolute atomic E-state index is 12.2. The zero-order chi connectivity index (χ0) is 15.2. The minimum Gasteiger partial charge on any atom is -0.467 e. The zero-order valence-electron chi connectivity index (χ0n) is 12.4. The van der Waals surface area contributed by atoms with Gasteiger partial charge in [0.25, 0.3) is 5.91 Å². The second-order valence-corrected chi connectivity index (χ2v) is 5.64. The van der Waals surface area contributed by atoms with Crippen molar-refractivity contribution in [3.8, 4) is 0 Å². The predicted octanol–water partition coefficient (Wildman–Crippen LogP) is 2.87. The summed E-state index contributed by atoms with van der Waals surface area (Å²) >= 11 is 1.61. The Bertz CT molecular complexity index is 473. The number of carbonyl (C=O) groups excluding carboxylic acids is 2. The number of thioether (sulfide) groups is 1. The van der Waals surface area contributed by atoms with E-state index in [1.54, 1.807) is 30.8 Å². The fourth-order valence-corrected chi connectivity index (χ4v) is 2.41. The van der Waals surface area contributed by atoms with Crippen LogP contribution < -0.4 is 5.32 Å². The molecule has 1 unspecified atom stereocenters. The summed E-state index contributed by atoms with van der Waals surface area (Å²) in [5, 5.41) is 2.78. The Morgan fingerprint density at radius 3 is 2.35 bits per heavy atom. The summed E-state index contributed by atoms with van der Waals surface area (Å²) in [5.74, 6) is -0.688. The molecule has 1 atom stereocenters. The van der Waals surface area contributed by atoms with Crippen LogP contribution in [0.5, 0.6) is 0 Å². The number of ether oxygens (including phenoxy) is 1. The molecule has 1 aromatic rings.